The molecule has 4 rings (SSSR count). The molecule has 3 aromatic rings. The van der Waals surface area contributed by atoms with Crippen LogP contribution in [0.3, 0.4) is 0 Å². The predicted octanol–water partition coefficient (Wildman–Crippen LogP) is 2.33. The van der Waals surface area contributed by atoms with Gasteiger partial charge in [0.05, 0.1) is 17.5 Å². The highest BCUT2D eigenvalue weighted by molar-refractivity contribution is 5.99. The molecule has 1 aliphatic rings. The Hall–Kier alpha value is -3.79. The number of benzene rings is 1. The van der Waals surface area contributed by atoms with Gasteiger partial charge in [0, 0.05) is 43.9 Å². The van der Waals surface area contributed by atoms with Gasteiger partial charge in [-0.25, -0.2) is 9.37 Å². The van der Waals surface area contributed by atoms with Gasteiger partial charge in [0.25, 0.3) is 5.91 Å². The van der Waals surface area contributed by atoms with Crippen LogP contribution in [0.25, 0.3) is 11.3 Å². The van der Waals surface area contributed by atoms with Gasteiger partial charge in [0.1, 0.15) is 11.6 Å². The van der Waals surface area contributed by atoms with Crippen molar-refractivity contribution >= 4 is 17.6 Å². The fourth-order valence-corrected chi connectivity index (χ4v) is 4.23. The van der Waals surface area contributed by atoms with E-state index in [1.165, 1.54) is 12.1 Å². The second kappa shape index (κ2) is 11.6. The topological polar surface area (TPSA) is 129 Å². The number of nitrogens with zero attached hydrogens (tertiary/aromatic N) is 3. The van der Waals surface area contributed by atoms with Crippen molar-refractivity contribution in [1.29, 1.82) is 0 Å². The molecule has 1 aliphatic heterocycles. The molecular formula is C25H30FN7O2. The lowest BCUT2D eigenvalue weighted by molar-refractivity contribution is -0.128. The molecule has 1 saturated heterocycles. The maximum Gasteiger partial charge on any atom is 0.255 e. The molecule has 1 fully saturated rings. The minimum Gasteiger partial charge on any atom is -0.369 e. The van der Waals surface area contributed by atoms with Gasteiger partial charge >= 0.3 is 0 Å². The van der Waals surface area contributed by atoms with E-state index in [0.717, 1.165) is 17.5 Å². The molecule has 0 saturated carbocycles. The van der Waals surface area contributed by atoms with Gasteiger partial charge in [0.15, 0.2) is 0 Å². The number of pyridine rings is 1. The SMILES string of the molecule is NCCCN1C(=O)CC[C@@H]1CNC(=O)c1ccc(-c2cn[nH]c2)nc1NCCc1cccc(F)c1. The summed E-state index contributed by atoms with van der Waals surface area (Å²) < 4.78 is 13.5. The lowest BCUT2D eigenvalue weighted by atomic mass is 10.1. The number of H-pyrrole nitrogens is 1. The van der Waals surface area contributed by atoms with Crippen LogP contribution in [0.4, 0.5) is 10.2 Å². The maximum absolute atomic E-state index is 13.5. The number of likely N-dealkylation sites (tertiary alicyclic amines) is 1. The smallest absolute Gasteiger partial charge is 0.255 e. The van der Waals surface area contributed by atoms with Crippen LogP contribution in [-0.2, 0) is 11.2 Å². The van der Waals surface area contributed by atoms with E-state index in [9.17, 15) is 14.0 Å². The van der Waals surface area contributed by atoms with Crippen molar-refractivity contribution in [1.82, 2.24) is 25.4 Å². The molecule has 1 aromatic carbocycles. The first-order valence-electron chi connectivity index (χ1n) is 11.8. The van der Waals surface area contributed by atoms with E-state index in [1.54, 1.807) is 30.6 Å². The van der Waals surface area contributed by atoms with Crippen molar-refractivity contribution in [3.8, 4) is 11.3 Å². The van der Waals surface area contributed by atoms with Crippen LogP contribution in [0, 0.1) is 5.82 Å². The van der Waals surface area contributed by atoms with Crippen LogP contribution in [0.1, 0.15) is 35.2 Å². The summed E-state index contributed by atoms with van der Waals surface area (Å²) in [6.45, 7) is 1.95. The van der Waals surface area contributed by atoms with Crippen molar-refractivity contribution < 1.29 is 14.0 Å². The molecule has 0 aliphatic carbocycles. The van der Waals surface area contributed by atoms with Gasteiger partial charge in [-0.05, 0) is 55.6 Å². The van der Waals surface area contributed by atoms with Gasteiger partial charge in [-0.15, -0.1) is 0 Å². The molecule has 1 atom stereocenters. The molecule has 2 amide bonds. The zero-order chi connectivity index (χ0) is 24.6. The first-order valence-corrected chi connectivity index (χ1v) is 11.8. The molecule has 0 spiro atoms. The minimum absolute atomic E-state index is 0.0412. The van der Waals surface area contributed by atoms with E-state index in [-0.39, 0.29) is 23.7 Å². The highest BCUT2D eigenvalue weighted by Crippen LogP contribution is 2.22. The fraction of sp³-hybridized carbons (Fsp3) is 0.360. The third-order valence-electron chi connectivity index (χ3n) is 6.08. The van der Waals surface area contributed by atoms with Gasteiger partial charge in [-0.3, -0.25) is 14.7 Å². The summed E-state index contributed by atoms with van der Waals surface area (Å²) in [7, 11) is 0. The molecule has 5 N–H and O–H groups in total. The number of rotatable bonds is 11. The second-order valence-electron chi connectivity index (χ2n) is 8.52. The molecule has 2 aromatic heterocycles. The van der Waals surface area contributed by atoms with Gasteiger partial charge in [-0.1, -0.05) is 12.1 Å². The Morgan fingerprint density at radius 1 is 1.29 bits per heavy atom. The zero-order valence-corrected chi connectivity index (χ0v) is 19.5. The molecule has 9 nitrogen and oxygen atoms in total. The summed E-state index contributed by atoms with van der Waals surface area (Å²) >= 11 is 0. The van der Waals surface area contributed by atoms with Crippen LogP contribution in [0.5, 0.6) is 0 Å². The average molecular weight is 480 g/mol. The van der Waals surface area contributed by atoms with Crippen molar-refractivity contribution in [2.24, 2.45) is 5.73 Å². The van der Waals surface area contributed by atoms with Crippen molar-refractivity contribution in [2.45, 2.75) is 31.7 Å². The summed E-state index contributed by atoms with van der Waals surface area (Å²) in [5.41, 5.74) is 8.30. The van der Waals surface area contributed by atoms with E-state index < -0.39 is 0 Å². The number of carbonyl (C=O) groups is 2. The third kappa shape index (κ3) is 6.21. The van der Waals surface area contributed by atoms with E-state index >= 15 is 0 Å². The van der Waals surface area contributed by atoms with Gasteiger partial charge in [-0.2, -0.15) is 5.10 Å². The van der Waals surface area contributed by atoms with Crippen molar-refractivity contribution in [3.05, 3.63) is 65.7 Å². The van der Waals surface area contributed by atoms with E-state index in [2.05, 4.69) is 25.8 Å². The molecular weight excluding hydrogens is 449 g/mol. The fourth-order valence-electron chi connectivity index (χ4n) is 4.23. The summed E-state index contributed by atoms with van der Waals surface area (Å²) in [5.74, 6) is -0.0280. The number of anilines is 1. The molecule has 10 heteroatoms. The molecule has 35 heavy (non-hydrogen) atoms. The highest BCUT2D eigenvalue weighted by atomic mass is 19.1. The van der Waals surface area contributed by atoms with E-state index in [4.69, 9.17) is 5.73 Å². The Kier molecular flexibility index (Phi) is 8.04. The van der Waals surface area contributed by atoms with Crippen LogP contribution < -0.4 is 16.4 Å². The number of nitrogens with one attached hydrogen (secondary N) is 3. The number of carbonyl (C=O) groups excluding carboxylic acids is 2. The Labute approximate surface area is 203 Å². The molecule has 3 heterocycles. The average Bonchev–Trinajstić information content (AvgIpc) is 3.51. The summed E-state index contributed by atoms with van der Waals surface area (Å²) in [5, 5.41) is 12.9. The predicted molar refractivity (Wildman–Crippen MR) is 131 cm³/mol. The largest absolute Gasteiger partial charge is 0.369 e. The minimum atomic E-state index is -0.284. The Morgan fingerprint density at radius 3 is 2.94 bits per heavy atom. The second-order valence-corrected chi connectivity index (χ2v) is 8.52. The monoisotopic (exact) mass is 479 g/mol. The number of amides is 2. The Bertz CT molecular complexity index is 1150. The van der Waals surface area contributed by atoms with E-state index in [1.807, 2.05) is 11.0 Å². The Balaban J connectivity index is 1.46. The highest BCUT2D eigenvalue weighted by Gasteiger charge is 2.30. The standard InChI is InChI=1S/C25H30FN7O2/c26-19-4-1-3-17(13-19)9-11-28-24-21(6-7-22(32-24)18-14-30-31-15-18)25(35)29-16-20-5-8-23(34)33(20)12-2-10-27/h1,3-4,6-7,13-15,20H,2,5,8-12,16,27H2,(H,28,32)(H,29,35)(H,30,31)/t20-/m1/s1. The number of aromatic amines is 1. The van der Waals surface area contributed by atoms with Crippen molar-refractivity contribution in [2.75, 3.05) is 31.5 Å². The number of aromatic nitrogens is 3. The lowest BCUT2D eigenvalue weighted by Gasteiger charge is -2.25. The van der Waals surface area contributed by atoms with Crippen LogP contribution in [0.2, 0.25) is 0 Å². The zero-order valence-electron chi connectivity index (χ0n) is 19.5. The van der Waals surface area contributed by atoms with E-state index in [0.29, 0.717) is 62.5 Å². The van der Waals surface area contributed by atoms with Gasteiger partial charge in [0.2, 0.25) is 5.91 Å². The molecule has 0 unspecified atom stereocenters. The number of hydrogen-bond acceptors (Lipinski definition) is 6. The summed E-state index contributed by atoms with van der Waals surface area (Å²) in [6.07, 6.45) is 5.88. The van der Waals surface area contributed by atoms with Crippen LogP contribution in [-0.4, -0.2) is 64.1 Å². The number of hydrogen-bond donors (Lipinski definition) is 4. The maximum atomic E-state index is 13.5. The lowest BCUT2D eigenvalue weighted by Crippen LogP contribution is -2.42. The van der Waals surface area contributed by atoms with Crippen LogP contribution in [0.15, 0.2) is 48.8 Å². The first-order chi connectivity index (χ1) is 17.0. The number of nitrogens with two attached hydrogens (primary N) is 1. The molecule has 0 bridgehead atoms. The van der Waals surface area contributed by atoms with Crippen molar-refractivity contribution in [3.63, 3.8) is 0 Å². The Morgan fingerprint density at radius 2 is 2.17 bits per heavy atom. The first kappa shape index (κ1) is 24.3. The quantitative estimate of drug-likeness (QED) is 0.334. The third-order valence-corrected chi connectivity index (χ3v) is 6.08. The summed E-state index contributed by atoms with van der Waals surface area (Å²) in [6, 6.07) is 9.87. The molecule has 184 valence electrons. The van der Waals surface area contributed by atoms with Gasteiger partial charge < -0.3 is 21.3 Å². The van der Waals surface area contributed by atoms with Crippen LogP contribution >= 0.6 is 0 Å². The molecule has 0 radical (unpaired) electrons. The number of halogens is 1. The normalized spacial score (nSPS) is 15.4. The summed E-state index contributed by atoms with van der Waals surface area (Å²) in [4.78, 5) is 31.8.